The lowest BCUT2D eigenvalue weighted by molar-refractivity contribution is 0.806. The zero-order valence-electron chi connectivity index (χ0n) is 11.6. The number of nitrogens with one attached hydrogen (secondary N) is 1. The Labute approximate surface area is 118 Å². The topological polar surface area (TPSA) is 37.8 Å². The Balaban J connectivity index is 2.20. The number of hydrogen-bond donors (Lipinski definition) is 1. The minimum Gasteiger partial charge on any atom is -0.373 e. The highest BCUT2D eigenvalue weighted by Crippen LogP contribution is 2.32. The van der Waals surface area contributed by atoms with Crippen LogP contribution in [0.15, 0.2) is 41.7 Å². The highest BCUT2D eigenvalue weighted by atomic mass is 32.2. The van der Waals surface area contributed by atoms with E-state index in [-0.39, 0.29) is 0 Å². The molecule has 0 saturated carbocycles. The van der Waals surface area contributed by atoms with E-state index in [1.54, 1.807) is 18.1 Å². The Morgan fingerprint density at radius 1 is 1.16 bits per heavy atom. The van der Waals surface area contributed by atoms with E-state index in [1.165, 1.54) is 11.1 Å². The van der Waals surface area contributed by atoms with E-state index in [9.17, 15) is 0 Å². The van der Waals surface area contributed by atoms with Crippen LogP contribution in [-0.2, 0) is 5.75 Å². The minimum atomic E-state index is 0.405. The summed E-state index contributed by atoms with van der Waals surface area (Å²) < 4.78 is 0. The third kappa shape index (κ3) is 3.47. The van der Waals surface area contributed by atoms with Crippen molar-refractivity contribution in [2.24, 2.45) is 0 Å². The fourth-order valence-corrected chi connectivity index (χ4v) is 3.05. The molecule has 0 saturated heterocycles. The van der Waals surface area contributed by atoms with Gasteiger partial charge >= 0.3 is 0 Å². The van der Waals surface area contributed by atoms with Crippen molar-refractivity contribution in [3.63, 3.8) is 0 Å². The van der Waals surface area contributed by atoms with Gasteiger partial charge in [0, 0.05) is 18.4 Å². The zero-order chi connectivity index (χ0) is 13.7. The van der Waals surface area contributed by atoms with Gasteiger partial charge in [-0.25, -0.2) is 9.97 Å². The van der Waals surface area contributed by atoms with Crippen molar-refractivity contribution >= 4 is 17.6 Å². The van der Waals surface area contributed by atoms with Crippen molar-refractivity contribution in [2.45, 2.75) is 30.5 Å². The van der Waals surface area contributed by atoms with E-state index in [2.05, 4.69) is 53.4 Å². The minimum absolute atomic E-state index is 0.405. The van der Waals surface area contributed by atoms with Gasteiger partial charge in [0.1, 0.15) is 17.2 Å². The molecule has 0 spiro atoms. The SMILES string of the molecule is CNc1ncnc(SCc2ccccc2)c1C(C)C. The Morgan fingerprint density at radius 2 is 1.89 bits per heavy atom. The molecule has 1 heterocycles. The Bertz CT molecular complexity index is 526. The van der Waals surface area contributed by atoms with Gasteiger partial charge in [-0.2, -0.15) is 0 Å². The maximum Gasteiger partial charge on any atom is 0.133 e. The predicted molar refractivity (Wildman–Crippen MR) is 81.7 cm³/mol. The van der Waals surface area contributed by atoms with Crippen LogP contribution in [0.2, 0.25) is 0 Å². The monoisotopic (exact) mass is 273 g/mol. The fraction of sp³-hybridized carbons (Fsp3) is 0.333. The molecule has 0 bridgehead atoms. The number of nitrogens with zero attached hydrogens (tertiary/aromatic N) is 2. The normalized spacial score (nSPS) is 10.7. The molecule has 0 aliphatic heterocycles. The van der Waals surface area contributed by atoms with E-state index in [0.29, 0.717) is 5.92 Å². The molecule has 19 heavy (non-hydrogen) atoms. The Hall–Kier alpha value is -1.55. The number of thioether (sulfide) groups is 1. The largest absolute Gasteiger partial charge is 0.373 e. The van der Waals surface area contributed by atoms with Gasteiger partial charge in [-0.1, -0.05) is 44.2 Å². The average molecular weight is 273 g/mol. The van der Waals surface area contributed by atoms with Crippen LogP contribution in [0.1, 0.15) is 30.9 Å². The van der Waals surface area contributed by atoms with Crippen LogP contribution in [0.4, 0.5) is 5.82 Å². The summed E-state index contributed by atoms with van der Waals surface area (Å²) in [7, 11) is 1.90. The first-order chi connectivity index (χ1) is 9.22. The lowest BCUT2D eigenvalue weighted by Crippen LogP contribution is -2.04. The molecule has 0 atom stereocenters. The summed E-state index contributed by atoms with van der Waals surface area (Å²) in [4.78, 5) is 8.73. The lowest BCUT2D eigenvalue weighted by Gasteiger charge is -2.15. The summed E-state index contributed by atoms with van der Waals surface area (Å²) in [5, 5.41) is 4.22. The zero-order valence-corrected chi connectivity index (χ0v) is 12.4. The summed E-state index contributed by atoms with van der Waals surface area (Å²) in [5.74, 6) is 2.27. The second-order valence-corrected chi connectivity index (χ2v) is 5.58. The Morgan fingerprint density at radius 3 is 2.53 bits per heavy atom. The molecule has 0 radical (unpaired) electrons. The van der Waals surface area contributed by atoms with Gasteiger partial charge in [-0.15, -0.1) is 11.8 Å². The third-order valence-corrected chi connectivity index (χ3v) is 3.96. The van der Waals surface area contributed by atoms with Gasteiger partial charge in [0.25, 0.3) is 0 Å². The fourth-order valence-electron chi connectivity index (χ4n) is 1.94. The van der Waals surface area contributed by atoms with Crippen LogP contribution in [-0.4, -0.2) is 17.0 Å². The van der Waals surface area contributed by atoms with Crippen LogP contribution in [0.3, 0.4) is 0 Å². The third-order valence-electron chi connectivity index (χ3n) is 2.88. The summed E-state index contributed by atoms with van der Waals surface area (Å²) in [6.07, 6.45) is 1.63. The number of rotatable bonds is 5. The highest BCUT2D eigenvalue weighted by molar-refractivity contribution is 7.98. The molecule has 2 rings (SSSR count). The standard InChI is InChI=1S/C15H19N3S/c1-11(2)13-14(16-3)17-10-18-15(13)19-9-12-7-5-4-6-8-12/h4-8,10-11H,9H2,1-3H3,(H,16,17,18). The predicted octanol–water partition coefficient (Wildman–Crippen LogP) is 3.93. The number of benzene rings is 1. The molecule has 4 heteroatoms. The van der Waals surface area contributed by atoms with Crippen LogP contribution in [0.25, 0.3) is 0 Å². The smallest absolute Gasteiger partial charge is 0.133 e. The molecule has 1 aromatic carbocycles. The average Bonchev–Trinajstić information content (AvgIpc) is 2.45. The number of anilines is 1. The van der Waals surface area contributed by atoms with E-state index in [1.807, 2.05) is 13.1 Å². The van der Waals surface area contributed by atoms with Crippen molar-refractivity contribution < 1.29 is 0 Å². The molecular formula is C15H19N3S. The van der Waals surface area contributed by atoms with Gasteiger partial charge in [0.05, 0.1) is 0 Å². The van der Waals surface area contributed by atoms with Crippen molar-refractivity contribution in [1.82, 2.24) is 9.97 Å². The van der Waals surface area contributed by atoms with Crippen molar-refractivity contribution in [3.8, 4) is 0 Å². The quantitative estimate of drug-likeness (QED) is 0.661. The van der Waals surface area contributed by atoms with Gasteiger partial charge in [0.2, 0.25) is 0 Å². The number of hydrogen-bond acceptors (Lipinski definition) is 4. The van der Waals surface area contributed by atoms with Crippen molar-refractivity contribution in [2.75, 3.05) is 12.4 Å². The summed E-state index contributed by atoms with van der Waals surface area (Å²) in [6, 6.07) is 10.5. The molecule has 1 N–H and O–H groups in total. The second-order valence-electron chi connectivity index (χ2n) is 4.62. The van der Waals surface area contributed by atoms with Crippen LogP contribution < -0.4 is 5.32 Å². The molecule has 0 aliphatic rings. The second kappa shape index (κ2) is 6.57. The summed E-state index contributed by atoms with van der Waals surface area (Å²) >= 11 is 1.77. The van der Waals surface area contributed by atoms with Gasteiger partial charge < -0.3 is 5.32 Å². The lowest BCUT2D eigenvalue weighted by atomic mass is 10.1. The molecule has 1 aromatic heterocycles. The van der Waals surface area contributed by atoms with Gasteiger partial charge in [-0.3, -0.25) is 0 Å². The molecule has 3 nitrogen and oxygen atoms in total. The van der Waals surface area contributed by atoms with Crippen LogP contribution in [0, 0.1) is 0 Å². The summed E-state index contributed by atoms with van der Waals surface area (Å²) in [5.41, 5.74) is 2.51. The molecule has 2 aromatic rings. The van der Waals surface area contributed by atoms with Crippen molar-refractivity contribution in [3.05, 3.63) is 47.8 Å². The molecular weight excluding hydrogens is 254 g/mol. The maximum atomic E-state index is 4.44. The molecule has 0 aliphatic carbocycles. The van der Waals surface area contributed by atoms with E-state index in [4.69, 9.17) is 0 Å². The van der Waals surface area contributed by atoms with E-state index in [0.717, 1.165) is 16.6 Å². The molecule has 0 amide bonds. The number of aromatic nitrogens is 2. The van der Waals surface area contributed by atoms with E-state index < -0.39 is 0 Å². The van der Waals surface area contributed by atoms with Gasteiger partial charge in [0.15, 0.2) is 0 Å². The summed E-state index contributed by atoms with van der Waals surface area (Å²) in [6.45, 7) is 4.35. The first-order valence-corrected chi connectivity index (χ1v) is 7.40. The molecule has 0 unspecified atom stereocenters. The maximum absolute atomic E-state index is 4.44. The highest BCUT2D eigenvalue weighted by Gasteiger charge is 2.14. The Kier molecular flexibility index (Phi) is 4.80. The van der Waals surface area contributed by atoms with Crippen LogP contribution in [0.5, 0.6) is 0 Å². The first kappa shape index (κ1) is 13.9. The van der Waals surface area contributed by atoms with E-state index >= 15 is 0 Å². The molecule has 100 valence electrons. The van der Waals surface area contributed by atoms with Crippen LogP contribution >= 0.6 is 11.8 Å². The molecule has 0 fully saturated rings. The first-order valence-electron chi connectivity index (χ1n) is 6.41. The van der Waals surface area contributed by atoms with Crippen molar-refractivity contribution in [1.29, 1.82) is 0 Å². The van der Waals surface area contributed by atoms with Gasteiger partial charge in [-0.05, 0) is 11.5 Å².